The van der Waals surface area contributed by atoms with Crippen LogP contribution in [0.4, 0.5) is 0 Å². The van der Waals surface area contributed by atoms with Crippen molar-refractivity contribution in [2.45, 2.75) is 64.6 Å². The molecule has 0 saturated heterocycles. The molecule has 0 aromatic carbocycles. The summed E-state index contributed by atoms with van der Waals surface area (Å²) < 4.78 is 105. The molecule has 0 heterocycles. The molecule has 0 unspecified atom stereocenters. The lowest BCUT2D eigenvalue weighted by molar-refractivity contribution is -0.121. The van der Waals surface area contributed by atoms with Crippen LogP contribution < -0.4 is 0 Å². The molecule has 0 atom stereocenters. The van der Waals surface area contributed by atoms with Crippen LogP contribution in [0, 0.1) is 0 Å². The first-order chi connectivity index (χ1) is 16.4. The molecule has 5 heteroatoms. The highest BCUT2D eigenvalue weighted by atomic mass is 16.5. The van der Waals surface area contributed by atoms with Gasteiger partial charge in [0, 0.05) is 24.6 Å². The fraction of sp³-hybridized carbons (Fsp3) is 0.684. The van der Waals surface area contributed by atoms with Crippen molar-refractivity contribution in [1.29, 1.82) is 0 Å². The maximum atomic E-state index is 13.0. The number of carbonyl (C=O) groups is 2. The van der Waals surface area contributed by atoms with E-state index < -0.39 is 74.5 Å². The first kappa shape index (κ1) is 8.17. The van der Waals surface area contributed by atoms with Crippen LogP contribution in [0.5, 0.6) is 0 Å². The summed E-state index contributed by atoms with van der Waals surface area (Å²) in [6.45, 7) is -5.77. The molecule has 0 radical (unpaired) electrons. The lowest BCUT2D eigenvalue weighted by Gasteiger charge is -2.20. The molecule has 0 amide bonds. The summed E-state index contributed by atoms with van der Waals surface area (Å²) in [6.07, 6.45) is -0.828. The summed E-state index contributed by atoms with van der Waals surface area (Å²) in [5, 5.41) is 9.14. The van der Waals surface area contributed by atoms with Gasteiger partial charge in [-0.1, -0.05) is 38.5 Å². The van der Waals surface area contributed by atoms with Gasteiger partial charge in [-0.15, -0.1) is 0 Å². The predicted molar refractivity (Wildman–Crippen MR) is 92.4 cm³/mol. The lowest BCUT2D eigenvalue weighted by Crippen LogP contribution is -2.25. The number of hydrogen-bond acceptors (Lipinski definition) is 5. The minimum absolute atomic E-state index is 0.00128. The molecule has 0 saturated carbocycles. The van der Waals surface area contributed by atoms with E-state index in [0.29, 0.717) is 25.7 Å². The van der Waals surface area contributed by atoms with Gasteiger partial charge in [0.05, 0.1) is 25.0 Å². The van der Waals surface area contributed by atoms with Gasteiger partial charge in [0.1, 0.15) is 0 Å². The van der Waals surface area contributed by atoms with Crippen molar-refractivity contribution < 1.29 is 42.0 Å². The van der Waals surface area contributed by atoms with Crippen molar-refractivity contribution in [2.24, 2.45) is 0 Å². The number of unbranched alkanes of at least 4 members (excludes halogenated alkanes) is 4. The molecular weight excluding hydrogens is 308 g/mol. The zero-order chi connectivity index (χ0) is 29.0. The Morgan fingerprint density at radius 3 is 2.17 bits per heavy atom. The highest BCUT2D eigenvalue weighted by Crippen LogP contribution is 2.28. The third-order valence-corrected chi connectivity index (χ3v) is 3.61. The van der Waals surface area contributed by atoms with Crippen LogP contribution >= 0.6 is 0 Å². The Morgan fingerprint density at radius 2 is 1.54 bits per heavy atom. The van der Waals surface area contributed by atoms with E-state index in [0.717, 1.165) is 0 Å². The second-order valence-electron chi connectivity index (χ2n) is 5.23. The maximum Gasteiger partial charge on any atom is 0.228 e. The van der Waals surface area contributed by atoms with Crippen LogP contribution in [0.15, 0.2) is 22.7 Å². The predicted octanol–water partition coefficient (Wildman–Crippen LogP) is 3.46. The van der Waals surface area contributed by atoms with Gasteiger partial charge in [-0.25, -0.2) is 0 Å². The van der Waals surface area contributed by atoms with E-state index in [9.17, 15) is 9.59 Å². The molecule has 136 valence electrons. The zero-order valence-electron chi connectivity index (χ0n) is 26.2. The largest absolute Gasteiger partial charge is 0.489 e. The fourth-order valence-corrected chi connectivity index (χ4v) is 2.36. The van der Waals surface area contributed by atoms with Crippen molar-refractivity contribution >= 4 is 11.6 Å². The monoisotopic (exact) mass is 351 g/mol. The van der Waals surface area contributed by atoms with Gasteiger partial charge in [-0.05, 0) is 26.1 Å². The molecule has 0 aromatic rings. The maximum absolute atomic E-state index is 13.0. The summed E-state index contributed by atoms with van der Waals surface area (Å²) in [5.41, 5.74) is -1.50. The van der Waals surface area contributed by atoms with Crippen LogP contribution in [-0.2, 0) is 19.1 Å². The molecule has 5 nitrogen and oxygen atoms in total. The first-order valence-electron chi connectivity index (χ1n) is 14.1. The number of ketones is 2. The van der Waals surface area contributed by atoms with Gasteiger partial charge in [0.25, 0.3) is 0 Å². The van der Waals surface area contributed by atoms with Crippen LogP contribution in [0.1, 0.15) is 82.4 Å². The fourth-order valence-electron chi connectivity index (χ4n) is 2.36. The Morgan fingerprint density at radius 1 is 0.917 bits per heavy atom. The average molecular weight is 352 g/mol. The first-order valence-corrected chi connectivity index (χ1v) is 7.61. The molecule has 0 aliphatic heterocycles. The highest BCUT2D eigenvalue weighted by molar-refractivity contribution is 6.23. The number of ether oxygens (including phenoxy) is 2. The van der Waals surface area contributed by atoms with Gasteiger partial charge in [-0.2, -0.15) is 0 Å². The van der Waals surface area contributed by atoms with Gasteiger partial charge >= 0.3 is 0 Å². The van der Waals surface area contributed by atoms with Gasteiger partial charge < -0.3 is 14.6 Å². The third-order valence-electron chi connectivity index (χ3n) is 3.61. The SMILES string of the molecule is [2H]C([2H])(O)CC([2H])([2H])CCCCCCCC1=C(C([2H])([2H])[2H])C(=O)C(OC([2H])([2H])[2H])=C(OC([2H])([2H])[2H])C1=O. The Labute approximate surface area is 163 Å². The number of carbonyl (C=O) groups excluding carboxylic acids is 2. The van der Waals surface area contributed by atoms with Crippen molar-refractivity contribution in [3.05, 3.63) is 22.7 Å². The minimum atomic E-state index is -3.30. The second-order valence-corrected chi connectivity index (χ2v) is 5.23. The summed E-state index contributed by atoms with van der Waals surface area (Å²) in [7, 11) is -6.57. The zero-order valence-corrected chi connectivity index (χ0v) is 13.2. The van der Waals surface area contributed by atoms with Crippen LogP contribution in [-0.4, -0.2) is 37.3 Å². The summed E-state index contributed by atoms with van der Waals surface area (Å²) in [5.74, 6) is -5.25. The van der Waals surface area contributed by atoms with E-state index in [2.05, 4.69) is 9.47 Å². The molecule has 0 aromatic heterocycles. The van der Waals surface area contributed by atoms with Crippen molar-refractivity contribution in [1.82, 2.24) is 0 Å². The van der Waals surface area contributed by atoms with Crippen molar-refractivity contribution in [3.63, 3.8) is 0 Å². The standard InChI is InChI=1S/C19H30O5/c1-14-15(12-10-8-6-4-5-7-9-11-13-20)17(22)19(24-3)18(23-2)16(14)21/h20H,4-13H2,1-3H3/i1D3,2D3,3D3,9D2,13D2. The van der Waals surface area contributed by atoms with Gasteiger partial charge in [-0.3, -0.25) is 9.59 Å². The second kappa shape index (κ2) is 11.0. The smallest absolute Gasteiger partial charge is 0.228 e. The molecule has 24 heavy (non-hydrogen) atoms. The molecule has 0 bridgehead atoms. The molecule has 0 fully saturated rings. The minimum Gasteiger partial charge on any atom is -0.489 e. The number of rotatable bonds is 12. The number of methoxy groups -OCH3 is 2. The van der Waals surface area contributed by atoms with Crippen LogP contribution in [0.2, 0.25) is 0 Å². The molecule has 1 aliphatic rings. The van der Waals surface area contributed by atoms with Crippen molar-refractivity contribution in [3.8, 4) is 0 Å². The van der Waals surface area contributed by atoms with E-state index >= 15 is 0 Å². The molecular formula is C19H30O5. The van der Waals surface area contributed by atoms with Gasteiger partial charge in [0.15, 0.2) is 0 Å². The Kier molecular flexibility index (Phi) is 3.75. The van der Waals surface area contributed by atoms with Gasteiger partial charge in [0.2, 0.25) is 23.1 Å². The highest BCUT2D eigenvalue weighted by Gasteiger charge is 2.34. The lowest BCUT2D eigenvalue weighted by atomic mass is 9.89. The molecule has 1 rings (SSSR count). The number of allylic oxidation sites excluding steroid dienone is 2. The average Bonchev–Trinajstić information content (AvgIpc) is 2.62. The Bertz CT molecular complexity index is 905. The number of hydrogen-bond donors (Lipinski definition) is 1. The quantitative estimate of drug-likeness (QED) is 0.430. The normalized spacial score (nSPS) is 26.1. The van der Waals surface area contributed by atoms with E-state index in [4.69, 9.17) is 22.9 Å². The molecule has 1 N–H and O–H groups in total. The summed E-state index contributed by atoms with van der Waals surface area (Å²) >= 11 is 0. The topological polar surface area (TPSA) is 72.8 Å². The van der Waals surface area contributed by atoms with E-state index in [1.54, 1.807) is 0 Å². The van der Waals surface area contributed by atoms with Crippen LogP contribution in [0.25, 0.3) is 0 Å². The Hall–Kier alpha value is -1.62. The van der Waals surface area contributed by atoms with E-state index in [1.807, 2.05) is 0 Å². The summed E-state index contributed by atoms with van der Waals surface area (Å²) in [6, 6.07) is 0. The van der Waals surface area contributed by atoms with E-state index in [-0.39, 0.29) is 19.3 Å². The molecule has 1 aliphatic carbocycles. The Balaban J connectivity index is 2.98. The van der Waals surface area contributed by atoms with Crippen molar-refractivity contribution in [2.75, 3.05) is 20.6 Å². The number of aliphatic hydroxyl groups is 1. The number of Topliss-reactive ketones (excluding diaryl/α,β-unsaturated/α-hetero) is 2. The van der Waals surface area contributed by atoms with Crippen LogP contribution in [0.3, 0.4) is 0 Å². The molecule has 0 spiro atoms. The van der Waals surface area contributed by atoms with E-state index in [1.165, 1.54) is 0 Å². The third kappa shape index (κ3) is 5.48. The summed E-state index contributed by atoms with van der Waals surface area (Å²) in [4.78, 5) is 26.0.